The van der Waals surface area contributed by atoms with E-state index in [2.05, 4.69) is 4.98 Å². The summed E-state index contributed by atoms with van der Waals surface area (Å²) < 4.78 is 24.3. The molecule has 1 aromatic heterocycles. The second-order valence-electron chi connectivity index (χ2n) is 5.30. The van der Waals surface area contributed by atoms with E-state index >= 15 is 0 Å². The fourth-order valence-corrected chi connectivity index (χ4v) is 2.28. The van der Waals surface area contributed by atoms with E-state index in [1.165, 1.54) is 6.07 Å². The molecule has 0 aliphatic heterocycles. The molecule has 0 saturated heterocycles. The van der Waals surface area contributed by atoms with Gasteiger partial charge in [0.2, 0.25) is 0 Å². The second-order valence-corrected chi connectivity index (χ2v) is 5.30. The van der Waals surface area contributed by atoms with Gasteiger partial charge in [0.05, 0.1) is 13.2 Å². The van der Waals surface area contributed by atoms with E-state index in [4.69, 9.17) is 9.47 Å². The Morgan fingerprint density at radius 1 is 1.09 bits per heavy atom. The maximum Gasteiger partial charge on any atom is 0.128 e. The normalized spacial score (nSPS) is 12.4. The Morgan fingerprint density at radius 2 is 1.96 bits per heavy atom. The van der Waals surface area contributed by atoms with Crippen molar-refractivity contribution in [1.82, 2.24) is 4.98 Å². The Bertz CT molecular complexity index is 772. The molecule has 1 unspecified atom stereocenters. The van der Waals surface area contributed by atoms with Gasteiger partial charge in [0.25, 0.3) is 0 Å². The van der Waals surface area contributed by atoms with Crippen molar-refractivity contribution in [2.24, 2.45) is 0 Å². The summed E-state index contributed by atoms with van der Waals surface area (Å²) in [4.78, 5) is 3.10. The summed E-state index contributed by atoms with van der Waals surface area (Å²) in [7, 11) is 0. The number of aromatic nitrogens is 1. The summed E-state index contributed by atoms with van der Waals surface area (Å²) in [5.41, 5.74) is 1.45. The molecule has 0 spiro atoms. The zero-order chi connectivity index (χ0) is 16.1. The van der Waals surface area contributed by atoms with Gasteiger partial charge in [0.15, 0.2) is 0 Å². The maximum atomic E-state index is 13.4. The molecule has 23 heavy (non-hydrogen) atoms. The van der Waals surface area contributed by atoms with E-state index in [1.54, 1.807) is 18.2 Å². The molecule has 0 aliphatic carbocycles. The van der Waals surface area contributed by atoms with Crippen LogP contribution in [0.1, 0.15) is 5.56 Å². The monoisotopic (exact) mass is 315 g/mol. The lowest BCUT2D eigenvalue weighted by molar-refractivity contribution is 0.00478. The fourth-order valence-electron chi connectivity index (χ4n) is 2.28. The molecule has 120 valence electrons. The predicted molar refractivity (Wildman–Crippen MR) is 85.9 cm³/mol. The third-order valence-corrected chi connectivity index (χ3v) is 3.49. The van der Waals surface area contributed by atoms with E-state index in [0.717, 1.165) is 10.9 Å². The number of aromatic amines is 1. The average Bonchev–Trinajstić information content (AvgIpc) is 3.02. The van der Waals surface area contributed by atoms with Gasteiger partial charge >= 0.3 is 0 Å². The first kappa shape index (κ1) is 15.5. The highest BCUT2D eigenvalue weighted by molar-refractivity contribution is 5.80. The molecule has 0 fully saturated rings. The SMILES string of the molecule is OC(COCc1ccccc1F)COc1ccc2cc[nH]c2c1. The van der Waals surface area contributed by atoms with Gasteiger partial charge in [-0.05, 0) is 29.7 Å². The van der Waals surface area contributed by atoms with E-state index in [1.807, 2.05) is 30.5 Å². The Morgan fingerprint density at radius 3 is 2.83 bits per heavy atom. The molecular weight excluding hydrogens is 297 g/mol. The van der Waals surface area contributed by atoms with Gasteiger partial charge in [-0.3, -0.25) is 0 Å². The topological polar surface area (TPSA) is 54.5 Å². The van der Waals surface area contributed by atoms with E-state index < -0.39 is 6.10 Å². The van der Waals surface area contributed by atoms with Crippen LogP contribution in [0.5, 0.6) is 5.75 Å². The molecule has 0 bridgehead atoms. The van der Waals surface area contributed by atoms with Crippen LogP contribution in [0.3, 0.4) is 0 Å². The van der Waals surface area contributed by atoms with Gasteiger partial charge < -0.3 is 19.6 Å². The largest absolute Gasteiger partial charge is 0.491 e. The summed E-state index contributed by atoms with van der Waals surface area (Å²) in [6.07, 6.45) is 1.08. The summed E-state index contributed by atoms with van der Waals surface area (Å²) >= 11 is 0. The minimum atomic E-state index is -0.777. The number of fused-ring (bicyclic) bond motifs is 1. The number of ether oxygens (including phenoxy) is 2. The highest BCUT2D eigenvalue weighted by Crippen LogP contribution is 2.19. The van der Waals surface area contributed by atoms with Crippen molar-refractivity contribution in [2.75, 3.05) is 13.2 Å². The van der Waals surface area contributed by atoms with Crippen molar-refractivity contribution in [3.8, 4) is 5.75 Å². The highest BCUT2D eigenvalue weighted by atomic mass is 19.1. The first-order chi connectivity index (χ1) is 11.2. The molecule has 2 N–H and O–H groups in total. The second kappa shape index (κ2) is 7.26. The molecule has 0 amide bonds. The Balaban J connectivity index is 1.44. The molecule has 4 nitrogen and oxygen atoms in total. The highest BCUT2D eigenvalue weighted by Gasteiger charge is 2.08. The first-order valence-corrected chi connectivity index (χ1v) is 7.41. The van der Waals surface area contributed by atoms with E-state index in [9.17, 15) is 9.50 Å². The fraction of sp³-hybridized carbons (Fsp3) is 0.222. The van der Waals surface area contributed by atoms with E-state index in [-0.39, 0.29) is 25.6 Å². The number of nitrogens with one attached hydrogen (secondary N) is 1. The molecule has 5 heteroatoms. The van der Waals surface area contributed by atoms with Crippen LogP contribution < -0.4 is 4.74 Å². The van der Waals surface area contributed by atoms with Gasteiger partial charge in [0.1, 0.15) is 24.3 Å². The zero-order valence-corrected chi connectivity index (χ0v) is 12.5. The summed E-state index contributed by atoms with van der Waals surface area (Å²) in [5.74, 6) is 0.366. The van der Waals surface area contributed by atoms with Crippen LogP contribution in [0.2, 0.25) is 0 Å². The smallest absolute Gasteiger partial charge is 0.128 e. The number of rotatable bonds is 7. The minimum Gasteiger partial charge on any atom is -0.491 e. The molecule has 2 aromatic carbocycles. The maximum absolute atomic E-state index is 13.4. The van der Waals surface area contributed by atoms with Gasteiger partial charge in [-0.1, -0.05) is 18.2 Å². The summed E-state index contributed by atoms with van der Waals surface area (Å²) in [6, 6.07) is 14.1. The summed E-state index contributed by atoms with van der Waals surface area (Å²) in [5, 5.41) is 11.0. The van der Waals surface area contributed by atoms with Crippen molar-refractivity contribution in [1.29, 1.82) is 0 Å². The van der Waals surface area contributed by atoms with Gasteiger partial charge in [-0.25, -0.2) is 4.39 Å². The molecule has 3 rings (SSSR count). The van der Waals surface area contributed by atoms with Crippen molar-refractivity contribution in [3.63, 3.8) is 0 Å². The zero-order valence-electron chi connectivity index (χ0n) is 12.5. The average molecular weight is 315 g/mol. The van der Waals surface area contributed by atoms with Gasteiger partial charge in [-0.15, -0.1) is 0 Å². The standard InChI is InChI=1S/C18H18FNO3/c19-17-4-2-1-3-14(17)10-22-11-15(21)12-23-16-6-5-13-7-8-20-18(13)9-16/h1-9,15,20-21H,10-12H2. The van der Waals surface area contributed by atoms with Crippen molar-refractivity contribution < 1.29 is 19.0 Å². The van der Waals surface area contributed by atoms with Crippen molar-refractivity contribution in [3.05, 3.63) is 66.1 Å². The van der Waals surface area contributed by atoms with Crippen LogP contribution in [-0.4, -0.2) is 29.4 Å². The number of benzene rings is 2. The Labute approximate surface area is 133 Å². The lowest BCUT2D eigenvalue weighted by atomic mass is 10.2. The third-order valence-electron chi connectivity index (χ3n) is 3.49. The lowest BCUT2D eigenvalue weighted by Crippen LogP contribution is -2.23. The van der Waals surface area contributed by atoms with Crippen LogP contribution in [0.25, 0.3) is 10.9 Å². The van der Waals surface area contributed by atoms with Crippen LogP contribution in [0, 0.1) is 5.82 Å². The predicted octanol–water partition coefficient (Wildman–Crippen LogP) is 3.26. The lowest BCUT2D eigenvalue weighted by Gasteiger charge is -2.13. The molecular formula is C18H18FNO3. The number of hydrogen-bond donors (Lipinski definition) is 2. The van der Waals surface area contributed by atoms with Gasteiger partial charge in [-0.2, -0.15) is 0 Å². The van der Waals surface area contributed by atoms with Gasteiger partial charge in [0, 0.05) is 23.3 Å². The van der Waals surface area contributed by atoms with Crippen molar-refractivity contribution >= 4 is 10.9 Å². The third kappa shape index (κ3) is 4.09. The number of H-pyrrole nitrogens is 1. The molecule has 1 heterocycles. The van der Waals surface area contributed by atoms with Crippen LogP contribution in [0.15, 0.2) is 54.7 Å². The quantitative estimate of drug-likeness (QED) is 0.703. The molecule has 0 radical (unpaired) electrons. The number of aliphatic hydroxyl groups excluding tert-OH is 1. The molecule has 3 aromatic rings. The Hall–Kier alpha value is -2.37. The molecule has 0 aliphatic rings. The molecule has 1 atom stereocenters. The summed E-state index contributed by atoms with van der Waals surface area (Å²) in [6.45, 7) is 0.320. The van der Waals surface area contributed by atoms with Crippen LogP contribution in [-0.2, 0) is 11.3 Å². The van der Waals surface area contributed by atoms with Crippen LogP contribution in [0.4, 0.5) is 4.39 Å². The van der Waals surface area contributed by atoms with Crippen LogP contribution >= 0.6 is 0 Å². The first-order valence-electron chi connectivity index (χ1n) is 7.41. The Kier molecular flexibility index (Phi) is 4.90. The van der Waals surface area contributed by atoms with Crippen molar-refractivity contribution in [2.45, 2.75) is 12.7 Å². The number of halogens is 1. The van der Waals surface area contributed by atoms with E-state index in [0.29, 0.717) is 11.3 Å². The number of hydrogen-bond acceptors (Lipinski definition) is 3. The minimum absolute atomic E-state index is 0.0824. The number of aliphatic hydroxyl groups is 1. The molecule has 0 saturated carbocycles.